The summed E-state index contributed by atoms with van der Waals surface area (Å²) in [5.41, 5.74) is 3.26. The van der Waals surface area contributed by atoms with Crippen LogP contribution in [0.2, 0.25) is 0 Å². The zero-order chi connectivity index (χ0) is 28.7. The molecule has 222 valence electrons. The number of rotatable bonds is 14. The summed E-state index contributed by atoms with van der Waals surface area (Å²) < 4.78 is 34.6. The number of anilines is 2. The standard InChI is InChI=1S/C34H40N2O6/c1-34(2,3)32-14-27(41-25-8-4-23(5-9-25)35(15-28-19-37-28)16-29-20-38-29)12-13-33(32)42-26-10-6-24(7-11-26)36(17-30-21-39-30)18-31-22-40-31/h4-14,28-31H,15-22H2,1-3H3. The van der Waals surface area contributed by atoms with Gasteiger partial charge in [-0.1, -0.05) is 20.8 Å². The number of ether oxygens (including phenoxy) is 6. The fourth-order valence-corrected chi connectivity index (χ4v) is 5.21. The summed E-state index contributed by atoms with van der Waals surface area (Å²) in [5.74, 6) is 3.21. The van der Waals surface area contributed by atoms with Crippen LogP contribution in [0.1, 0.15) is 26.3 Å². The first-order valence-electron chi connectivity index (χ1n) is 15.0. The lowest BCUT2D eigenvalue weighted by Crippen LogP contribution is -2.31. The number of epoxide rings is 4. The van der Waals surface area contributed by atoms with Crippen molar-refractivity contribution < 1.29 is 28.4 Å². The first kappa shape index (κ1) is 27.5. The van der Waals surface area contributed by atoms with E-state index >= 15 is 0 Å². The summed E-state index contributed by atoms with van der Waals surface area (Å²) in [7, 11) is 0. The van der Waals surface area contributed by atoms with Gasteiger partial charge in [-0.25, -0.2) is 0 Å². The van der Waals surface area contributed by atoms with Gasteiger partial charge in [-0.3, -0.25) is 0 Å². The number of hydrogen-bond acceptors (Lipinski definition) is 8. The predicted octanol–water partition coefficient (Wildman–Crippen LogP) is 5.78. The molecule has 3 aromatic carbocycles. The van der Waals surface area contributed by atoms with Gasteiger partial charge in [0.15, 0.2) is 0 Å². The van der Waals surface area contributed by atoms with Crippen LogP contribution in [-0.4, -0.2) is 77.0 Å². The first-order chi connectivity index (χ1) is 20.4. The molecule has 7 rings (SSSR count). The Morgan fingerprint density at radius 1 is 0.571 bits per heavy atom. The molecule has 4 aliphatic heterocycles. The Morgan fingerprint density at radius 3 is 1.33 bits per heavy atom. The Balaban J connectivity index is 1.03. The summed E-state index contributed by atoms with van der Waals surface area (Å²) in [6.07, 6.45) is 1.31. The van der Waals surface area contributed by atoms with E-state index in [1.54, 1.807) is 0 Å². The highest BCUT2D eigenvalue weighted by molar-refractivity contribution is 5.53. The molecule has 4 atom stereocenters. The lowest BCUT2D eigenvalue weighted by Gasteiger charge is -2.25. The molecule has 0 aromatic heterocycles. The van der Waals surface area contributed by atoms with Crippen molar-refractivity contribution >= 4 is 11.4 Å². The zero-order valence-electron chi connectivity index (χ0n) is 24.7. The van der Waals surface area contributed by atoms with Gasteiger partial charge in [-0.2, -0.15) is 0 Å². The maximum atomic E-state index is 6.43. The second-order valence-electron chi connectivity index (χ2n) is 12.7. The third-order valence-corrected chi connectivity index (χ3v) is 7.93. The van der Waals surface area contributed by atoms with E-state index in [2.05, 4.69) is 60.9 Å². The summed E-state index contributed by atoms with van der Waals surface area (Å²) in [5, 5.41) is 0. The van der Waals surface area contributed by atoms with Gasteiger partial charge in [0.05, 0.1) is 50.8 Å². The van der Waals surface area contributed by atoms with Crippen LogP contribution in [0, 0.1) is 0 Å². The van der Waals surface area contributed by atoms with E-state index in [4.69, 9.17) is 28.4 Å². The van der Waals surface area contributed by atoms with Crippen molar-refractivity contribution in [3.63, 3.8) is 0 Å². The molecule has 4 saturated heterocycles. The van der Waals surface area contributed by atoms with E-state index in [0.29, 0.717) is 24.4 Å². The molecule has 4 fully saturated rings. The highest BCUT2D eigenvalue weighted by Crippen LogP contribution is 2.38. The topological polar surface area (TPSA) is 75.1 Å². The van der Waals surface area contributed by atoms with Crippen molar-refractivity contribution in [2.45, 2.75) is 50.6 Å². The predicted molar refractivity (Wildman–Crippen MR) is 162 cm³/mol. The van der Waals surface area contributed by atoms with Crippen LogP contribution in [0.4, 0.5) is 11.4 Å². The molecule has 0 amide bonds. The molecule has 8 heteroatoms. The average molecular weight is 573 g/mol. The van der Waals surface area contributed by atoms with Gasteiger partial charge in [-0.15, -0.1) is 0 Å². The highest BCUT2D eigenvalue weighted by Gasteiger charge is 2.32. The van der Waals surface area contributed by atoms with Gasteiger partial charge in [-0.05, 0) is 72.1 Å². The van der Waals surface area contributed by atoms with Gasteiger partial charge >= 0.3 is 0 Å². The Labute approximate surface area is 248 Å². The maximum absolute atomic E-state index is 6.43. The summed E-state index contributed by atoms with van der Waals surface area (Å²) in [6.45, 7) is 13.5. The van der Waals surface area contributed by atoms with Crippen molar-refractivity contribution in [1.82, 2.24) is 0 Å². The second kappa shape index (κ2) is 11.4. The Kier molecular flexibility index (Phi) is 7.48. The van der Waals surface area contributed by atoms with Crippen LogP contribution in [-0.2, 0) is 24.4 Å². The van der Waals surface area contributed by atoms with Crippen molar-refractivity contribution in [3.8, 4) is 23.0 Å². The van der Waals surface area contributed by atoms with Gasteiger partial charge in [0.1, 0.15) is 23.0 Å². The summed E-state index contributed by atoms with van der Waals surface area (Å²) in [4.78, 5) is 4.69. The van der Waals surface area contributed by atoms with Gasteiger partial charge < -0.3 is 38.2 Å². The highest BCUT2D eigenvalue weighted by atomic mass is 16.6. The second-order valence-corrected chi connectivity index (χ2v) is 12.7. The average Bonchev–Trinajstić information content (AvgIpc) is 3.79. The Hall–Kier alpha value is -3.30. The fraction of sp³-hybridized carbons (Fsp3) is 0.471. The van der Waals surface area contributed by atoms with Crippen LogP contribution in [0.15, 0.2) is 66.7 Å². The van der Waals surface area contributed by atoms with Crippen LogP contribution in [0.25, 0.3) is 0 Å². The molecule has 0 N–H and O–H groups in total. The fourth-order valence-electron chi connectivity index (χ4n) is 5.21. The molecule has 0 radical (unpaired) electrons. The monoisotopic (exact) mass is 572 g/mol. The van der Waals surface area contributed by atoms with E-state index in [1.807, 2.05) is 36.4 Å². The first-order valence-corrected chi connectivity index (χ1v) is 15.0. The molecule has 42 heavy (non-hydrogen) atoms. The van der Waals surface area contributed by atoms with Gasteiger partial charge in [0.25, 0.3) is 0 Å². The van der Waals surface area contributed by atoms with E-state index in [-0.39, 0.29) is 5.41 Å². The minimum absolute atomic E-state index is 0.139. The van der Waals surface area contributed by atoms with Crippen LogP contribution in [0.3, 0.4) is 0 Å². The minimum Gasteiger partial charge on any atom is -0.457 e. The lowest BCUT2D eigenvalue weighted by molar-refractivity contribution is 0.388. The SMILES string of the molecule is CC(C)(C)c1cc(Oc2ccc(N(CC3CO3)CC3CO3)cc2)ccc1Oc1ccc(N(CC2CO2)CC2CO2)cc1. The zero-order valence-corrected chi connectivity index (χ0v) is 24.7. The molecule has 4 aliphatic rings. The normalized spacial score (nSPS) is 23.7. The van der Waals surface area contributed by atoms with Crippen LogP contribution >= 0.6 is 0 Å². The van der Waals surface area contributed by atoms with Crippen molar-refractivity contribution in [2.24, 2.45) is 0 Å². The third kappa shape index (κ3) is 7.36. The van der Waals surface area contributed by atoms with E-state index < -0.39 is 0 Å². The number of benzene rings is 3. The number of hydrogen-bond donors (Lipinski definition) is 0. The molecule has 4 unspecified atom stereocenters. The van der Waals surface area contributed by atoms with E-state index in [0.717, 1.165) is 92.5 Å². The minimum atomic E-state index is -0.139. The third-order valence-electron chi connectivity index (χ3n) is 7.93. The van der Waals surface area contributed by atoms with Gasteiger partial charge in [0, 0.05) is 43.1 Å². The van der Waals surface area contributed by atoms with Crippen molar-refractivity contribution in [1.29, 1.82) is 0 Å². The summed E-state index contributed by atoms with van der Waals surface area (Å²) >= 11 is 0. The van der Waals surface area contributed by atoms with E-state index in [9.17, 15) is 0 Å². The van der Waals surface area contributed by atoms with Crippen molar-refractivity contribution in [2.75, 3.05) is 62.4 Å². The van der Waals surface area contributed by atoms with E-state index in [1.165, 1.54) is 0 Å². The lowest BCUT2D eigenvalue weighted by atomic mass is 9.86. The molecule has 0 saturated carbocycles. The van der Waals surface area contributed by atoms with Gasteiger partial charge in [0.2, 0.25) is 0 Å². The molecule has 0 aliphatic carbocycles. The Bertz CT molecular complexity index is 1330. The molecule has 0 bridgehead atoms. The van der Waals surface area contributed by atoms with Crippen LogP contribution < -0.4 is 19.3 Å². The van der Waals surface area contributed by atoms with Crippen LogP contribution in [0.5, 0.6) is 23.0 Å². The Morgan fingerprint density at radius 2 is 0.952 bits per heavy atom. The maximum Gasteiger partial charge on any atom is 0.131 e. The van der Waals surface area contributed by atoms with Crippen molar-refractivity contribution in [3.05, 3.63) is 72.3 Å². The quantitative estimate of drug-likeness (QED) is 0.225. The number of nitrogens with zero attached hydrogens (tertiary/aromatic N) is 2. The molecule has 0 spiro atoms. The molecule has 8 nitrogen and oxygen atoms in total. The molecular weight excluding hydrogens is 532 g/mol. The summed E-state index contributed by atoms with van der Waals surface area (Å²) in [6, 6.07) is 22.7. The largest absolute Gasteiger partial charge is 0.457 e. The molecule has 3 aromatic rings. The molecule has 4 heterocycles. The smallest absolute Gasteiger partial charge is 0.131 e. The molecular formula is C34H40N2O6.